The van der Waals surface area contributed by atoms with Crippen LogP contribution in [-0.4, -0.2) is 30.0 Å². The van der Waals surface area contributed by atoms with Crippen molar-refractivity contribution in [1.82, 2.24) is 9.97 Å². The van der Waals surface area contributed by atoms with E-state index in [-0.39, 0.29) is 5.91 Å². The maximum Gasteiger partial charge on any atom is 0.263 e. The Morgan fingerprint density at radius 3 is 2.79 bits per heavy atom. The molecule has 0 radical (unpaired) electrons. The summed E-state index contributed by atoms with van der Waals surface area (Å²) in [6.45, 7) is 3.64. The number of benzene rings is 1. The average molecular weight is 257 g/mol. The fraction of sp³-hybridized carbons (Fsp3) is 0.357. The van der Waals surface area contributed by atoms with Crippen molar-refractivity contribution in [1.29, 1.82) is 0 Å². The van der Waals surface area contributed by atoms with E-state index in [0.29, 0.717) is 5.82 Å². The van der Waals surface area contributed by atoms with Crippen molar-refractivity contribution in [2.45, 2.75) is 19.4 Å². The van der Waals surface area contributed by atoms with Gasteiger partial charge in [0.25, 0.3) is 5.91 Å². The number of hydrogen-bond acceptors (Lipinski definition) is 4. The van der Waals surface area contributed by atoms with E-state index in [1.54, 1.807) is 32.2 Å². The predicted octanol–water partition coefficient (Wildman–Crippen LogP) is 1.78. The van der Waals surface area contributed by atoms with E-state index in [2.05, 4.69) is 9.97 Å². The number of nitrogens with zero attached hydrogens (tertiary/aromatic N) is 3. The first-order valence-electron chi connectivity index (χ1n) is 6.08. The maximum atomic E-state index is 12.3. The maximum absolute atomic E-state index is 12.3. The molecule has 0 aliphatic carbocycles. The SMILES string of the molecule is COC1(C)C(=O)N(C)c2cc3cnc(C)nc3cc21. The summed E-state index contributed by atoms with van der Waals surface area (Å²) in [5.41, 5.74) is 1.61. The second-order valence-corrected chi connectivity index (χ2v) is 4.95. The zero-order chi connectivity index (χ0) is 13.8. The summed E-state index contributed by atoms with van der Waals surface area (Å²) in [6, 6.07) is 3.86. The summed E-state index contributed by atoms with van der Waals surface area (Å²) in [6.07, 6.45) is 1.78. The number of rotatable bonds is 1. The highest BCUT2D eigenvalue weighted by Crippen LogP contribution is 2.42. The topological polar surface area (TPSA) is 55.3 Å². The molecule has 5 heteroatoms. The van der Waals surface area contributed by atoms with Crippen LogP contribution in [0.4, 0.5) is 5.69 Å². The zero-order valence-electron chi connectivity index (χ0n) is 11.4. The number of anilines is 1. The van der Waals surface area contributed by atoms with Crippen LogP contribution in [0.5, 0.6) is 0 Å². The highest BCUT2D eigenvalue weighted by molar-refractivity contribution is 6.08. The minimum atomic E-state index is -0.933. The van der Waals surface area contributed by atoms with Crippen molar-refractivity contribution >= 4 is 22.5 Å². The number of carbonyl (C=O) groups is 1. The van der Waals surface area contributed by atoms with E-state index in [0.717, 1.165) is 22.2 Å². The molecule has 19 heavy (non-hydrogen) atoms. The van der Waals surface area contributed by atoms with Crippen LogP contribution in [0.2, 0.25) is 0 Å². The van der Waals surface area contributed by atoms with Gasteiger partial charge >= 0.3 is 0 Å². The van der Waals surface area contributed by atoms with Crippen LogP contribution in [0.25, 0.3) is 10.9 Å². The Morgan fingerprint density at radius 1 is 1.37 bits per heavy atom. The number of aryl methyl sites for hydroxylation is 1. The lowest BCUT2D eigenvalue weighted by atomic mass is 9.96. The third-order valence-electron chi connectivity index (χ3n) is 3.81. The Kier molecular flexibility index (Phi) is 2.37. The number of amides is 1. The van der Waals surface area contributed by atoms with Gasteiger partial charge in [-0.2, -0.15) is 0 Å². The molecule has 1 amide bonds. The Labute approximate surface area is 111 Å². The van der Waals surface area contributed by atoms with Gasteiger partial charge in [0.05, 0.1) is 11.2 Å². The Morgan fingerprint density at radius 2 is 2.11 bits per heavy atom. The number of methoxy groups -OCH3 is 1. The van der Waals surface area contributed by atoms with Crippen molar-refractivity contribution in [2.75, 3.05) is 19.1 Å². The van der Waals surface area contributed by atoms with Crippen LogP contribution in [0, 0.1) is 6.92 Å². The highest BCUT2D eigenvalue weighted by atomic mass is 16.5. The van der Waals surface area contributed by atoms with Crippen LogP contribution >= 0.6 is 0 Å². The summed E-state index contributed by atoms with van der Waals surface area (Å²) in [7, 11) is 3.31. The summed E-state index contributed by atoms with van der Waals surface area (Å²) in [5.74, 6) is 0.647. The van der Waals surface area contributed by atoms with Crippen molar-refractivity contribution in [3.63, 3.8) is 0 Å². The van der Waals surface area contributed by atoms with Crippen molar-refractivity contribution in [3.05, 3.63) is 29.7 Å². The molecule has 98 valence electrons. The molecular weight excluding hydrogens is 242 g/mol. The van der Waals surface area contributed by atoms with Gasteiger partial charge in [-0.1, -0.05) is 0 Å². The van der Waals surface area contributed by atoms with Crippen molar-refractivity contribution in [2.24, 2.45) is 0 Å². The van der Waals surface area contributed by atoms with E-state index in [4.69, 9.17) is 4.74 Å². The van der Waals surface area contributed by atoms with Gasteiger partial charge in [0.1, 0.15) is 5.82 Å². The lowest BCUT2D eigenvalue weighted by Gasteiger charge is -2.21. The predicted molar refractivity (Wildman–Crippen MR) is 72.0 cm³/mol. The fourth-order valence-electron chi connectivity index (χ4n) is 2.56. The van der Waals surface area contributed by atoms with Crippen LogP contribution in [0.1, 0.15) is 18.3 Å². The Hall–Kier alpha value is -2.01. The van der Waals surface area contributed by atoms with E-state index in [1.165, 1.54) is 0 Å². The molecule has 0 saturated heterocycles. The number of hydrogen-bond donors (Lipinski definition) is 0. The van der Waals surface area contributed by atoms with Gasteiger partial charge < -0.3 is 9.64 Å². The summed E-state index contributed by atoms with van der Waals surface area (Å²) < 4.78 is 5.45. The quantitative estimate of drug-likeness (QED) is 0.781. The second kappa shape index (κ2) is 3.74. The number of ether oxygens (including phenoxy) is 1. The molecule has 0 saturated carbocycles. The largest absolute Gasteiger partial charge is 0.364 e. The lowest BCUT2D eigenvalue weighted by molar-refractivity contribution is -0.137. The van der Waals surface area contributed by atoms with Crippen molar-refractivity contribution in [3.8, 4) is 0 Å². The standard InChI is InChI=1S/C14H15N3O2/c1-8-15-7-9-5-12-10(6-11(9)16-8)14(2,19-4)13(18)17(12)3/h5-7H,1-4H3. The number of aromatic nitrogens is 2. The van der Waals surface area contributed by atoms with Crippen molar-refractivity contribution < 1.29 is 9.53 Å². The van der Waals surface area contributed by atoms with Gasteiger partial charge in [0.15, 0.2) is 5.60 Å². The zero-order valence-corrected chi connectivity index (χ0v) is 11.4. The van der Waals surface area contributed by atoms with Gasteiger partial charge in [-0.25, -0.2) is 9.97 Å². The van der Waals surface area contributed by atoms with Gasteiger partial charge in [-0.05, 0) is 26.0 Å². The van der Waals surface area contributed by atoms with Crippen LogP contribution < -0.4 is 4.90 Å². The molecule has 3 rings (SSSR count). The van der Waals surface area contributed by atoms with Crippen LogP contribution in [-0.2, 0) is 15.1 Å². The van der Waals surface area contributed by atoms with E-state index < -0.39 is 5.60 Å². The molecule has 0 fully saturated rings. The second-order valence-electron chi connectivity index (χ2n) is 4.95. The summed E-state index contributed by atoms with van der Waals surface area (Å²) >= 11 is 0. The first kappa shape index (κ1) is 12.0. The first-order valence-corrected chi connectivity index (χ1v) is 6.08. The molecule has 5 nitrogen and oxygen atoms in total. The lowest BCUT2D eigenvalue weighted by Crippen LogP contribution is -2.37. The van der Waals surface area contributed by atoms with E-state index in [1.807, 2.05) is 19.1 Å². The van der Waals surface area contributed by atoms with Crippen LogP contribution in [0.3, 0.4) is 0 Å². The molecular formula is C14H15N3O2. The van der Waals surface area contributed by atoms with Crippen LogP contribution in [0.15, 0.2) is 18.3 Å². The van der Waals surface area contributed by atoms with E-state index in [9.17, 15) is 4.79 Å². The van der Waals surface area contributed by atoms with Gasteiger partial charge in [-0.15, -0.1) is 0 Å². The van der Waals surface area contributed by atoms with Gasteiger partial charge in [0.2, 0.25) is 0 Å². The highest BCUT2D eigenvalue weighted by Gasteiger charge is 2.46. The molecule has 1 atom stereocenters. The molecule has 1 aliphatic heterocycles. The number of fused-ring (bicyclic) bond motifs is 2. The minimum Gasteiger partial charge on any atom is -0.364 e. The molecule has 1 aromatic carbocycles. The molecule has 0 N–H and O–H groups in total. The third-order valence-corrected chi connectivity index (χ3v) is 3.81. The first-order chi connectivity index (χ1) is 8.97. The number of likely N-dealkylation sites (N-methyl/N-ethyl adjacent to an activating group) is 1. The third kappa shape index (κ3) is 1.48. The average Bonchev–Trinajstić information content (AvgIpc) is 2.59. The van der Waals surface area contributed by atoms with Gasteiger partial charge in [-0.3, -0.25) is 4.79 Å². The Bertz CT molecular complexity index is 698. The smallest absolute Gasteiger partial charge is 0.263 e. The molecule has 2 aromatic rings. The monoisotopic (exact) mass is 257 g/mol. The molecule has 2 heterocycles. The minimum absolute atomic E-state index is 0.0648. The summed E-state index contributed by atoms with van der Waals surface area (Å²) in [4.78, 5) is 22.5. The molecule has 1 aliphatic rings. The fourth-order valence-corrected chi connectivity index (χ4v) is 2.56. The molecule has 0 bridgehead atoms. The molecule has 0 spiro atoms. The summed E-state index contributed by atoms with van der Waals surface area (Å²) in [5, 5.41) is 0.921. The Balaban J connectivity index is 2.34. The van der Waals surface area contributed by atoms with E-state index >= 15 is 0 Å². The normalized spacial score (nSPS) is 22.1. The molecule has 1 aromatic heterocycles. The van der Waals surface area contributed by atoms with Gasteiger partial charge in [0, 0.05) is 31.3 Å². The molecule has 1 unspecified atom stereocenters. The number of carbonyl (C=O) groups excluding carboxylic acids is 1.